The second kappa shape index (κ2) is 7.25. The second-order valence-electron chi connectivity index (χ2n) is 6.44. The molecule has 120 valence electrons. The van der Waals surface area contributed by atoms with Crippen LogP contribution in [0.15, 0.2) is 30.3 Å². The molecule has 4 heteroatoms. The predicted molar refractivity (Wildman–Crippen MR) is 86.6 cm³/mol. The van der Waals surface area contributed by atoms with Crippen molar-refractivity contribution in [2.24, 2.45) is 5.92 Å². The van der Waals surface area contributed by atoms with Gasteiger partial charge in [-0.3, -0.25) is 9.69 Å². The predicted octanol–water partition coefficient (Wildman–Crippen LogP) is 2.32. The Morgan fingerprint density at radius 1 is 1.18 bits per heavy atom. The maximum atomic E-state index is 11.8. The largest absolute Gasteiger partial charge is 0.381 e. The average molecular weight is 302 g/mol. The zero-order valence-electron chi connectivity index (χ0n) is 13.4. The topological polar surface area (TPSA) is 32.8 Å². The van der Waals surface area contributed by atoms with Gasteiger partial charge in [0.15, 0.2) is 0 Å². The Labute approximate surface area is 133 Å². The summed E-state index contributed by atoms with van der Waals surface area (Å²) in [6.07, 6.45) is 2.32. The van der Waals surface area contributed by atoms with Crippen molar-refractivity contribution >= 4 is 5.91 Å². The Hall–Kier alpha value is -1.39. The first-order valence-corrected chi connectivity index (χ1v) is 8.36. The summed E-state index contributed by atoms with van der Waals surface area (Å²) in [6, 6.07) is 10.9. The third kappa shape index (κ3) is 3.68. The number of hydrogen-bond acceptors (Lipinski definition) is 3. The Kier molecular flexibility index (Phi) is 5.11. The monoisotopic (exact) mass is 302 g/mol. The van der Waals surface area contributed by atoms with Gasteiger partial charge in [-0.1, -0.05) is 30.3 Å². The van der Waals surface area contributed by atoms with Crippen molar-refractivity contribution < 1.29 is 9.53 Å². The molecule has 1 unspecified atom stereocenters. The highest BCUT2D eigenvalue weighted by Gasteiger charge is 2.31. The minimum atomic E-state index is 0.187. The van der Waals surface area contributed by atoms with Crippen molar-refractivity contribution in [3.8, 4) is 0 Å². The van der Waals surface area contributed by atoms with Gasteiger partial charge in [-0.15, -0.1) is 0 Å². The summed E-state index contributed by atoms with van der Waals surface area (Å²) in [5, 5.41) is 0. The average Bonchev–Trinajstić information content (AvgIpc) is 2.57. The van der Waals surface area contributed by atoms with Crippen LogP contribution in [0.2, 0.25) is 0 Å². The third-order valence-electron chi connectivity index (χ3n) is 4.95. The molecule has 0 N–H and O–H groups in total. The van der Waals surface area contributed by atoms with E-state index in [0.717, 1.165) is 58.2 Å². The molecule has 3 rings (SSSR count). The Morgan fingerprint density at radius 2 is 1.91 bits per heavy atom. The van der Waals surface area contributed by atoms with E-state index < -0.39 is 0 Å². The first-order chi connectivity index (χ1) is 10.7. The van der Waals surface area contributed by atoms with E-state index >= 15 is 0 Å². The van der Waals surface area contributed by atoms with Gasteiger partial charge in [-0.05, 0) is 24.3 Å². The zero-order valence-corrected chi connectivity index (χ0v) is 13.4. The Bertz CT molecular complexity index is 485. The van der Waals surface area contributed by atoms with Crippen molar-refractivity contribution in [1.29, 1.82) is 0 Å². The molecule has 0 saturated carbocycles. The summed E-state index contributed by atoms with van der Waals surface area (Å²) in [4.78, 5) is 16.3. The minimum absolute atomic E-state index is 0.187. The van der Waals surface area contributed by atoms with Gasteiger partial charge in [0.1, 0.15) is 0 Å². The van der Waals surface area contributed by atoms with Crippen LogP contribution in [0.4, 0.5) is 0 Å². The van der Waals surface area contributed by atoms with Gasteiger partial charge in [0.05, 0.1) is 6.04 Å². The smallest absolute Gasteiger partial charge is 0.219 e. The highest BCUT2D eigenvalue weighted by atomic mass is 16.5. The summed E-state index contributed by atoms with van der Waals surface area (Å²) >= 11 is 0. The molecule has 0 bridgehead atoms. The van der Waals surface area contributed by atoms with E-state index in [1.807, 2.05) is 4.90 Å². The van der Waals surface area contributed by atoms with Crippen LogP contribution in [0.1, 0.15) is 31.4 Å². The molecule has 2 aliphatic rings. The van der Waals surface area contributed by atoms with E-state index in [0.29, 0.717) is 6.04 Å². The summed E-state index contributed by atoms with van der Waals surface area (Å²) in [7, 11) is 0. The summed E-state index contributed by atoms with van der Waals surface area (Å²) in [5.74, 6) is 0.912. The molecule has 0 radical (unpaired) electrons. The summed E-state index contributed by atoms with van der Waals surface area (Å²) in [5.41, 5.74) is 1.32. The van der Waals surface area contributed by atoms with Crippen LogP contribution in [-0.4, -0.2) is 55.1 Å². The minimum Gasteiger partial charge on any atom is -0.381 e. The summed E-state index contributed by atoms with van der Waals surface area (Å²) < 4.78 is 5.48. The highest BCUT2D eigenvalue weighted by molar-refractivity contribution is 5.73. The van der Waals surface area contributed by atoms with E-state index in [1.54, 1.807) is 6.92 Å². The number of carbonyl (C=O) groups is 1. The lowest BCUT2D eigenvalue weighted by atomic mass is 9.96. The molecule has 1 atom stereocenters. The fourth-order valence-corrected chi connectivity index (χ4v) is 3.58. The van der Waals surface area contributed by atoms with Crippen LogP contribution in [-0.2, 0) is 9.53 Å². The number of benzene rings is 1. The molecular formula is C18H26N2O2. The molecule has 2 aliphatic heterocycles. The maximum Gasteiger partial charge on any atom is 0.219 e. The lowest BCUT2D eigenvalue weighted by Gasteiger charge is -2.43. The van der Waals surface area contributed by atoms with E-state index in [4.69, 9.17) is 4.74 Å². The second-order valence-corrected chi connectivity index (χ2v) is 6.44. The highest BCUT2D eigenvalue weighted by Crippen LogP contribution is 2.28. The molecule has 0 spiro atoms. The van der Waals surface area contributed by atoms with Crippen molar-refractivity contribution in [1.82, 2.24) is 9.80 Å². The molecule has 1 aromatic carbocycles. The van der Waals surface area contributed by atoms with Gasteiger partial charge < -0.3 is 9.64 Å². The normalized spacial score (nSPS) is 24.4. The molecule has 1 aromatic rings. The lowest BCUT2D eigenvalue weighted by Crippen LogP contribution is -2.51. The quantitative estimate of drug-likeness (QED) is 0.859. The van der Waals surface area contributed by atoms with Gasteiger partial charge in [0.25, 0.3) is 0 Å². The Morgan fingerprint density at radius 3 is 2.59 bits per heavy atom. The van der Waals surface area contributed by atoms with Gasteiger partial charge in [-0.25, -0.2) is 0 Å². The van der Waals surface area contributed by atoms with Crippen molar-refractivity contribution in [2.75, 3.05) is 39.4 Å². The van der Waals surface area contributed by atoms with Gasteiger partial charge >= 0.3 is 0 Å². The fourth-order valence-electron chi connectivity index (χ4n) is 3.58. The number of amides is 1. The lowest BCUT2D eigenvalue weighted by molar-refractivity contribution is -0.132. The van der Waals surface area contributed by atoms with Crippen molar-refractivity contribution in [2.45, 2.75) is 25.8 Å². The van der Waals surface area contributed by atoms with Crippen molar-refractivity contribution in [3.63, 3.8) is 0 Å². The van der Waals surface area contributed by atoms with Crippen LogP contribution in [0.25, 0.3) is 0 Å². The molecule has 2 heterocycles. The SMILES string of the molecule is CC(=O)N1CCN(CC2CCOCC2)C(c2ccccc2)C1. The molecule has 22 heavy (non-hydrogen) atoms. The molecule has 2 saturated heterocycles. The van der Waals surface area contributed by atoms with Crippen molar-refractivity contribution in [3.05, 3.63) is 35.9 Å². The maximum absolute atomic E-state index is 11.8. The standard InChI is InChI=1S/C18H26N2O2/c1-15(21)19-9-10-20(13-16-7-11-22-12-8-16)18(14-19)17-5-3-2-4-6-17/h2-6,16,18H,7-14H2,1H3. The molecule has 4 nitrogen and oxygen atoms in total. The first-order valence-electron chi connectivity index (χ1n) is 8.36. The van der Waals surface area contributed by atoms with Crippen LogP contribution in [0.5, 0.6) is 0 Å². The number of piperazine rings is 1. The molecular weight excluding hydrogens is 276 g/mol. The number of hydrogen-bond donors (Lipinski definition) is 0. The van der Waals surface area contributed by atoms with Crippen LogP contribution < -0.4 is 0 Å². The number of ether oxygens (including phenoxy) is 1. The van der Waals surface area contributed by atoms with E-state index in [9.17, 15) is 4.79 Å². The first kappa shape index (κ1) is 15.5. The number of carbonyl (C=O) groups excluding carboxylic acids is 1. The van der Waals surface area contributed by atoms with Crippen LogP contribution >= 0.6 is 0 Å². The molecule has 0 aromatic heterocycles. The van der Waals surface area contributed by atoms with Gasteiger partial charge in [0.2, 0.25) is 5.91 Å². The van der Waals surface area contributed by atoms with Gasteiger partial charge in [0, 0.05) is 46.3 Å². The molecule has 1 amide bonds. The number of rotatable bonds is 3. The fraction of sp³-hybridized carbons (Fsp3) is 0.611. The number of nitrogens with zero attached hydrogens (tertiary/aromatic N) is 2. The zero-order chi connectivity index (χ0) is 15.4. The third-order valence-corrected chi connectivity index (χ3v) is 4.95. The van der Waals surface area contributed by atoms with E-state index in [-0.39, 0.29) is 5.91 Å². The van der Waals surface area contributed by atoms with E-state index in [1.165, 1.54) is 5.56 Å². The van der Waals surface area contributed by atoms with E-state index in [2.05, 4.69) is 35.2 Å². The Balaban J connectivity index is 1.73. The van der Waals surface area contributed by atoms with Crippen LogP contribution in [0, 0.1) is 5.92 Å². The van der Waals surface area contributed by atoms with Gasteiger partial charge in [-0.2, -0.15) is 0 Å². The molecule has 0 aliphatic carbocycles. The van der Waals surface area contributed by atoms with Crippen LogP contribution in [0.3, 0.4) is 0 Å². The molecule has 2 fully saturated rings. The summed E-state index contributed by atoms with van der Waals surface area (Å²) in [6.45, 7) is 7.22.